The number of hydrogen-bond acceptors (Lipinski definition) is 2. The van der Waals surface area contributed by atoms with E-state index in [1.807, 2.05) is 0 Å². The summed E-state index contributed by atoms with van der Waals surface area (Å²) in [5, 5.41) is 0. The molecule has 0 aromatic heterocycles. The molecule has 0 unspecified atom stereocenters. The lowest BCUT2D eigenvalue weighted by Gasteiger charge is -2.31. The highest BCUT2D eigenvalue weighted by molar-refractivity contribution is 5.53. The fourth-order valence-electron chi connectivity index (χ4n) is 2.80. The van der Waals surface area contributed by atoms with Gasteiger partial charge in [-0.05, 0) is 57.5 Å². The number of hydrogen-bond donors (Lipinski definition) is 0. The minimum absolute atomic E-state index is 0.363. The number of carbonyl (C=O) groups excluding carboxylic acids is 1. The largest absolute Gasteiger partial charge is 0.303 e. The van der Waals surface area contributed by atoms with Gasteiger partial charge in [0.25, 0.3) is 0 Å². The van der Waals surface area contributed by atoms with Crippen molar-refractivity contribution in [2.24, 2.45) is 11.8 Å². The van der Waals surface area contributed by atoms with Crippen molar-refractivity contribution in [1.82, 2.24) is 4.90 Å². The third kappa shape index (κ3) is 4.65. The summed E-state index contributed by atoms with van der Waals surface area (Å²) in [5.41, 5.74) is 0. The summed E-state index contributed by atoms with van der Waals surface area (Å²) in [6, 6.07) is 0. The molecule has 0 atom stereocenters. The van der Waals surface area contributed by atoms with E-state index in [2.05, 4.69) is 18.7 Å². The smallest absolute Gasteiger partial charge is 0.123 e. The molecule has 2 nitrogen and oxygen atoms in total. The van der Waals surface area contributed by atoms with E-state index in [1.165, 1.54) is 45.3 Å². The first-order valence-corrected chi connectivity index (χ1v) is 6.97. The topological polar surface area (TPSA) is 20.3 Å². The van der Waals surface area contributed by atoms with Crippen molar-refractivity contribution >= 4 is 6.29 Å². The van der Waals surface area contributed by atoms with Crippen molar-refractivity contribution in [3.63, 3.8) is 0 Å². The van der Waals surface area contributed by atoms with Gasteiger partial charge in [-0.2, -0.15) is 0 Å². The van der Waals surface area contributed by atoms with Gasteiger partial charge in [-0.3, -0.25) is 0 Å². The summed E-state index contributed by atoms with van der Waals surface area (Å²) in [6.07, 6.45) is 8.43. The van der Waals surface area contributed by atoms with E-state index in [0.717, 1.165) is 25.0 Å². The molecule has 1 aliphatic rings. The molecule has 0 amide bonds. The molecule has 0 aliphatic heterocycles. The van der Waals surface area contributed by atoms with Crippen molar-refractivity contribution in [2.45, 2.75) is 52.4 Å². The Balaban J connectivity index is 2.26. The Labute approximate surface area is 100 Å². The predicted molar refractivity (Wildman–Crippen MR) is 68.5 cm³/mol. The fraction of sp³-hybridized carbons (Fsp3) is 0.929. The number of carbonyl (C=O) groups is 1. The van der Waals surface area contributed by atoms with Gasteiger partial charge in [0.15, 0.2) is 0 Å². The van der Waals surface area contributed by atoms with Crippen molar-refractivity contribution in [1.29, 1.82) is 0 Å². The van der Waals surface area contributed by atoms with Crippen LogP contribution in [0.2, 0.25) is 0 Å². The van der Waals surface area contributed by atoms with E-state index >= 15 is 0 Å². The lowest BCUT2D eigenvalue weighted by Crippen LogP contribution is -2.33. The fourth-order valence-corrected chi connectivity index (χ4v) is 2.80. The maximum Gasteiger partial charge on any atom is 0.123 e. The second kappa shape index (κ2) is 7.83. The van der Waals surface area contributed by atoms with Gasteiger partial charge in [-0.15, -0.1) is 0 Å². The van der Waals surface area contributed by atoms with Crippen molar-refractivity contribution in [3.05, 3.63) is 0 Å². The molecule has 0 N–H and O–H groups in total. The molecule has 0 aromatic carbocycles. The Kier molecular flexibility index (Phi) is 6.70. The molecule has 0 aromatic rings. The molecule has 0 spiro atoms. The first-order valence-electron chi connectivity index (χ1n) is 6.97. The minimum Gasteiger partial charge on any atom is -0.303 e. The molecule has 0 bridgehead atoms. The van der Waals surface area contributed by atoms with Gasteiger partial charge >= 0.3 is 0 Å². The third-order valence-electron chi connectivity index (χ3n) is 3.68. The quantitative estimate of drug-likeness (QED) is 0.620. The van der Waals surface area contributed by atoms with E-state index in [0.29, 0.717) is 5.92 Å². The van der Waals surface area contributed by atoms with Gasteiger partial charge < -0.3 is 9.69 Å². The highest BCUT2D eigenvalue weighted by Crippen LogP contribution is 2.28. The van der Waals surface area contributed by atoms with E-state index in [4.69, 9.17) is 0 Å². The highest BCUT2D eigenvalue weighted by Gasteiger charge is 2.22. The monoisotopic (exact) mass is 225 g/mol. The molecule has 1 rings (SSSR count). The Morgan fingerprint density at radius 2 is 1.62 bits per heavy atom. The van der Waals surface area contributed by atoms with Crippen LogP contribution >= 0.6 is 0 Å². The van der Waals surface area contributed by atoms with Gasteiger partial charge in [-0.25, -0.2) is 0 Å². The van der Waals surface area contributed by atoms with Crippen LogP contribution in [-0.2, 0) is 4.79 Å². The summed E-state index contributed by atoms with van der Waals surface area (Å²) < 4.78 is 0. The molecule has 1 fully saturated rings. The molecule has 1 saturated carbocycles. The Bertz CT molecular complexity index is 179. The Morgan fingerprint density at radius 3 is 2.06 bits per heavy atom. The number of rotatable bonds is 7. The average molecular weight is 225 g/mol. The summed E-state index contributed by atoms with van der Waals surface area (Å²) in [5.74, 6) is 1.20. The zero-order chi connectivity index (χ0) is 11.8. The van der Waals surface area contributed by atoms with Crippen LogP contribution in [0, 0.1) is 11.8 Å². The molecule has 0 saturated heterocycles. The molecule has 16 heavy (non-hydrogen) atoms. The third-order valence-corrected chi connectivity index (χ3v) is 3.68. The standard InChI is InChI=1S/C14H27NO/c1-3-9-15(10-4-2)11-13-5-7-14(12-16)8-6-13/h12-14H,3-11H2,1-2H3. The van der Waals surface area contributed by atoms with Crippen molar-refractivity contribution in [3.8, 4) is 0 Å². The Morgan fingerprint density at radius 1 is 1.06 bits per heavy atom. The van der Waals surface area contributed by atoms with Gasteiger partial charge in [-0.1, -0.05) is 13.8 Å². The zero-order valence-electron chi connectivity index (χ0n) is 11.0. The first kappa shape index (κ1) is 13.7. The molecule has 94 valence electrons. The maximum atomic E-state index is 10.7. The van der Waals surface area contributed by atoms with Crippen molar-refractivity contribution in [2.75, 3.05) is 19.6 Å². The average Bonchev–Trinajstić information content (AvgIpc) is 2.31. The van der Waals surface area contributed by atoms with Gasteiger partial charge in [0, 0.05) is 12.5 Å². The minimum atomic E-state index is 0.363. The van der Waals surface area contributed by atoms with E-state index in [-0.39, 0.29) is 0 Å². The predicted octanol–water partition coefficient (Wildman–Crippen LogP) is 3.11. The second-order valence-corrected chi connectivity index (χ2v) is 5.22. The number of aldehydes is 1. The normalized spacial score (nSPS) is 25.9. The Hall–Kier alpha value is -0.370. The van der Waals surface area contributed by atoms with Gasteiger partial charge in [0.05, 0.1) is 0 Å². The molecule has 1 aliphatic carbocycles. The molecule has 0 radical (unpaired) electrons. The van der Waals surface area contributed by atoms with E-state index < -0.39 is 0 Å². The van der Waals surface area contributed by atoms with E-state index in [1.54, 1.807) is 0 Å². The lowest BCUT2D eigenvalue weighted by molar-refractivity contribution is -0.112. The van der Waals surface area contributed by atoms with Crippen LogP contribution in [0.4, 0.5) is 0 Å². The summed E-state index contributed by atoms with van der Waals surface area (Å²) in [6.45, 7) is 8.24. The van der Waals surface area contributed by atoms with Crippen LogP contribution in [0.25, 0.3) is 0 Å². The SMILES string of the molecule is CCCN(CCC)CC1CCC(C=O)CC1. The zero-order valence-corrected chi connectivity index (χ0v) is 11.0. The summed E-state index contributed by atoms with van der Waals surface area (Å²) in [4.78, 5) is 13.3. The lowest BCUT2D eigenvalue weighted by atomic mass is 9.82. The molecule has 0 heterocycles. The van der Waals surface area contributed by atoms with Crippen molar-refractivity contribution < 1.29 is 4.79 Å². The highest BCUT2D eigenvalue weighted by atomic mass is 16.1. The van der Waals surface area contributed by atoms with Gasteiger partial charge in [0.2, 0.25) is 0 Å². The van der Waals surface area contributed by atoms with Crippen LogP contribution in [0.15, 0.2) is 0 Å². The van der Waals surface area contributed by atoms with Crippen LogP contribution in [0.3, 0.4) is 0 Å². The van der Waals surface area contributed by atoms with E-state index in [9.17, 15) is 4.79 Å². The summed E-state index contributed by atoms with van der Waals surface area (Å²) >= 11 is 0. The summed E-state index contributed by atoms with van der Waals surface area (Å²) in [7, 11) is 0. The first-order chi connectivity index (χ1) is 7.80. The van der Waals surface area contributed by atoms with Gasteiger partial charge in [0.1, 0.15) is 6.29 Å². The number of nitrogens with zero attached hydrogens (tertiary/aromatic N) is 1. The van der Waals surface area contributed by atoms with Crippen LogP contribution in [0.5, 0.6) is 0 Å². The molecular formula is C14H27NO. The molecule has 2 heteroatoms. The van der Waals surface area contributed by atoms with Crippen LogP contribution in [0.1, 0.15) is 52.4 Å². The second-order valence-electron chi connectivity index (χ2n) is 5.22. The van der Waals surface area contributed by atoms with Crippen LogP contribution < -0.4 is 0 Å². The van der Waals surface area contributed by atoms with Crippen LogP contribution in [-0.4, -0.2) is 30.8 Å². The maximum absolute atomic E-state index is 10.7. The molecular weight excluding hydrogens is 198 g/mol.